The molecule has 0 aliphatic carbocycles. The first-order valence-electron chi connectivity index (χ1n) is 9.97. The third kappa shape index (κ3) is 3.47. The molecule has 30 heavy (non-hydrogen) atoms. The number of aromatic nitrogens is 4. The molecule has 2 aliphatic heterocycles. The molecule has 11 heteroatoms. The van der Waals surface area contributed by atoms with Crippen molar-refractivity contribution in [1.29, 1.82) is 0 Å². The van der Waals surface area contributed by atoms with E-state index in [1.54, 1.807) is 12.6 Å². The minimum absolute atomic E-state index is 0.229. The summed E-state index contributed by atoms with van der Waals surface area (Å²) >= 11 is 0. The molecule has 158 valence electrons. The molecule has 2 aliphatic rings. The zero-order valence-corrected chi connectivity index (χ0v) is 17.4. The van der Waals surface area contributed by atoms with Gasteiger partial charge in [0.2, 0.25) is 0 Å². The quantitative estimate of drug-likeness (QED) is 0.617. The van der Waals surface area contributed by atoms with Gasteiger partial charge in [0.25, 0.3) is 5.91 Å². The maximum Gasteiger partial charge on any atom is 0.273 e. The van der Waals surface area contributed by atoms with Crippen molar-refractivity contribution in [2.45, 2.75) is 19.4 Å². The van der Waals surface area contributed by atoms with E-state index >= 15 is 0 Å². The van der Waals surface area contributed by atoms with Gasteiger partial charge < -0.3 is 19.7 Å². The average Bonchev–Trinajstić information content (AvgIpc) is 3.50. The van der Waals surface area contributed by atoms with Crippen LogP contribution in [0.2, 0.25) is 0 Å². The maximum absolute atomic E-state index is 12.8. The molecule has 5 heterocycles. The van der Waals surface area contributed by atoms with E-state index in [-0.39, 0.29) is 5.91 Å². The molecule has 1 amide bonds. The van der Waals surface area contributed by atoms with Gasteiger partial charge in [-0.3, -0.25) is 4.79 Å². The van der Waals surface area contributed by atoms with Crippen LogP contribution < -0.4 is 10.2 Å². The number of fused-ring (bicyclic) bond motifs is 2. The van der Waals surface area contributed by atoms with Gasteiger partial charge in [0.1, 0.15) is 23.6 Å². The van der Waals surface area contributed by atoms with E-state index < -0.39 is 11.0 Å². The lowest BCUT2D eigenvalue weighted by Crippen LogP contribution is -2.34. The number of hydrogen-bond acceptors (Lipinski definition) is 7. The molecular formula is C19H23N7O3S. The lowest BCUT2D eigenvalue weighted by molar-refractivity contribution is 0.0938. The molecule has 0 bridgehead atoms. The van der Waals surface area contributed by atoms with Crippen LogP contribution in [0.4, 0.5) is 5.82 Å². The number of carbonyl (C=O) groups is 1. The molecule has 2 atom stereocenters. The van der Waals surface area contributed by atoms with Gasteiger partial charge in [-0.05, 0) is 18.4 Å². The number of hydrogen-bond donors (Lipinski definition) is 2. The molecule has 3 aromatic rings. The topological polar surface area (TPSA) is 120 Å². The van der Waals surface area contributed by atoms with Gasteiger partial charge in [0.15, 0.2) is 5.69 Å². The molecular weight excluding hydrogens is 406 g/mol. The van der Waals surface area contributed by atoms with Crippen LogP contribution in [-0.2, 0) is 24.0 Å². The van der Waals surface area contributed by atoms with E-state index in [0.717, 1.165) is 54.2 Å². The smallest absolute Gasteiger partial charge is 0.273 e. The van der Waals surface area contributed by atoms with E-state index in [2.05, 4.69) is 30.3 Å². The highest BCUT2D eigenvalue weighted by molar-refractivity contribution is 7.81. The van der Waals surface area contributed by atoms with E-state index in [4.69, 9.17) is 4.52 Å². The van der Waals surface area contributed by atoms with Crippen molar-refractivity contribution in [2.75, 3.05) is 37.3 Å². The maximum atomic E-state index is 12.8. The largest absolute Gasteiger partial charge is 0.360 e. The lowest BCUT2D eigenvalue weighted by Gasteiger charge is -2.27. The average molecular weight is 430 g/mol. The fourth-order valence-electron chi connectivity index (χ4n) is 4.20. The summed E-state index contributed by atoms with van der Waals surface area (Å²) in [6.45, 7) is 3.30. The van der Waals surface area contributed by atoms with Crippen LogP contribution in [0.3, 0.4) is 0 Å². The molecule has 5 rings (SSSR count). The monoisotopic (exact) mass is 429 g/mol. The molecule has 2 unspecified atom stereocenters. The summed E-state index contributed by atoms with van der Waals surface area (Å²) in [6, 6.07) is 1.95. The summed E-state index contributed by atoms with van der Waals surface area (Å²) in [4.78, 5) is 26.7. The van der Waals surface area contributed by atoms with Gasteiger partial charge in [0.05, 0.1) is 22.9 Å². The van der Waals surface area contributed by atoms with Crippen LogP contribution in [0.15, 0.2) is 23.1 Å². The molecule has 0 radical (unpaired) electrons. The number of H-pyrrole nitrogens is 1. The minimum atomic E-state index is -0.962. The van der Waals surface area contributed by atoms with Crippen LogP contribution in [0.1, 0.15) is 28.2 Å². The van der Waals surface area contributed by atoms with Crippen molar-refractivity contribution < 1.29 is 13.5 Å². The van der Waals surface area contributed by atoms with E-state index in [1.807, 2.05) is 16.6 Å². The Kier molecular flexibility index (Phi) is 4.99. The first-order valence-corrected chi connectivity index (χ1v) is 11.5. The summed E-state index contributed by atoms with van der Waals surface area (Å²) in [6.07, 6.45) is 6.65. The number of carbonyl (C=O) groups excluding carboxylic acids is 1. The Balaban J connectivity index is 1.29. The van der Waals surface area contributed by atoms with Gasteiger partial charge in [0, 0.05) is 50.6 Å². The van der Waals surface area contributed by atoms with Crippen LogP contribution in [0.25, 0.3) is 11.0 Å². The van der Waals surface area contributed by atoms with Crippen molar-refractivity contribution in [1.82, 2.24) is 29.7 Å². The van der Waals surface area contributed by atoms with E-state index in [0.29, 0.717) is 31.1 Å². The lowest BCUT2D eigenvalue weighted by atomic mass is 10.0. The van der Waals surface area contributed by atoms with Crippen molar-refractivity contribution >= 4 is 33.7 Å². The standard InChI is InChI=1S/C19H23N7O3S/c1-30(28)26-7-3-12(9-26)8-21-19(27)16-14-10-25(6-4-15(14)29-24-16)18-13-2-5-20-17(13)22-11-23-18/h2,5,11-12H,3-4,6-10H2,1H3,(H,21,27)(H,20,22,23). The zero-order valence-electron chi connectivity index (χ0n) is 16.6. The number of nitrogens with zero attached hydrogens (tertiary/aromatic N) is 5. The Morgan fingerprint density at radius 2 is 2.30 bits per heavy atom. The first-order chi connectivity index (χ1) is 14.6. The third-order valence-electron chi connectivity index (χ3n) is 5.84. The van der Waals surface area contributed by atoms with Crippen molar-refractivity contribution in [3.63, 3.8) is 0 Å². The summed E-state index contributed by atoms with van der Waals surface area (Å²) in [5.41, 5.74) is 1.93. The van der Waals surface area contributed by atoms with Crippen molar-refractivity contribution in [3.05, 3.63) is 35.6 Å². The Morgan fingerprint density at radius 3 is 3.13 bits per heavy atom. The van der Waals surface area contributed by atoms with E-state index in [1.165, 1.54) is 0 Å². The van der Waals surface area contributed by atoms with Gasteiger partial charge >= 0.3 is 0 Å². The van der Waals surface area contributed by atoms with Crippen LogP contribution in [-0.4, -0.2) is 67.0 Å². The fourth-order valence-corrected chi connectivity index (χ4v) is 4.98. The predicted molar refractivity (Wildman–Crippen MR) is 111 cm³/mol. The summed E-state index contributed by atoms with van der Waals surface area (Å²) in [7, 11) is -0.962. The number of amides is 1. The molecule has 0 saturated carbocycles. The molecule has 3 aromatic heterocycles. The normalized spacial score (nSPS) is 20.4. The summed E-state index contributed by atoms with van der Waals surface area (Å²) < 4.78 is 19.0. The second kappa shape index (κ2) is 7.80. The fraction of sp³-hybridized carbons (Fsp3) is 0.474. The molecule has 0 spiro atoms. The molecule has 2 N–H and O–H groups in total. The number of aromatic amines is 1. The summed E-state index contributed by atoms with van der Waals surface area (Å²) in [5, 5.41) is 7.98. The van der Waals surface area contributed by atoms with Gasteiger partial charge in [-0.25, -0.2) is 18.5 Å². The van der Waals surface area contributed by atoms with Gasteiger partial charge in [-0.2, -0.15) is 0 Å². The predicted octanol–water partition coefficient (Wildman–Crippen LogP) is 0.854. The minimum Gasteiger partial charge on any atom is -0.360 e. The first kappa shape index (κ1) is 19.2. The Bertz CT molecular complexity index is 1110. The van der Waals surface area contributed by atoms with Gasteiger partial charge in [-0.15, -0.1) is 0 Å². The Hall–Kier alpha value is -2.79. The molecule has 1 saturated heterocycles. The highest BCUT2D eigenvalue weighted by Gasteiger charge is 2.30. The second-order valence-corrected chi connectivity index (χ2v) is 9.08. The highest BCUT2D eigenvalue weighted by atomic mass is 32.2. The Labute approximate surface area is 175 Å². The van der Waals surface area contributed by atoms with Crippen LogP contribution in [0, 0.1) is 5.92 Å². The van der Waals surface area contributed by atoms with Crippen molar-refractivity contribution in [2.24, 2.45) is 5.92 Å². The van der Waals surface area contributed by atoms with Crippen LogP contribution >= 0.6 is 0 Å². The molecule has 1 fully saturated rings. The Morgan fingerprint density at radius 1 is 1.40 bits per heavy atom. The second-order valence-electron chi connectivity index (χ2n) is 7.72. The van der Waals surface area contributed by atoms with Gasteiger partial charge in [-0.1, -0.05) is 5.16 Å². The van der Waals surface area contributed by atoms with Crippen LogP contribution in [0.5, 0.6) is 0 Å². The van der Waals surface area contributed by atoms with Crippen molar-refractivity contribution in [3.8, 4) is 0 Å². The SMILES string of the molecule is CS(=O)N1CCC(CNC(=O)c2noc3c2CN(c2ncnc4[nH]ccc24)CC3)C1. The zero-order chi connectivity index (χ0) is 20.7. The number of nitrogens with one attached hydrogen (secondary N) is 2. The third-order valence-corrected chi connectivity index (χ3v) is 6.90. The molecule has 0 aromatic carbocycles. The van der Waals surface area contributed by atoms with E-state index in [9.17, 15) is 9.00 Å². The molecule has 10 nitrogen and oxygen atoms in total. The highest BCUT2D eigenvalue weighted by Crippen LogP contribution is 2.29. The number of rotatable bonds is 5. The number of anilines is 1. The summed E-state index contributed by atoms with van der Waals surface area (Å²) in [5.74, 6) is 1.65.